The smallest absolute Gasteiger partial charge is 0.333 e. The van der Waals surface area contributed by atoms with Gasteiger partial charge in [-0.1, -0.05) is 66.7 Å². The second kappa shape index (κ2) is 11.9. The van der Waals surface area contributed by atoms with Gasteiger partial charge in [0.25, 0.3) is 0 Å². The molecule has 44 heavy (non-hydrogen) atoms. The van der Waals surface area contributed by atoms with E-state index < -0.39 is 5.97 Å². The first-order valence-electron chi connectivity index (χ1n) is 14.1. The average molecular weight is 590 g/mol. The molecule has 0 radical (unpaired) electrons. The lowest BCUT2D eigenvalue weighted by Gasteiger charge is -2.14. The summed E-state index contributed by atoms with van der Waals surface area (Å²) in [5.74, 6) is -0.326. The van der Waals surface area contributed by atoms with Gasteiger partial charge in [0, 0.05) is 24.4 Å². The fraction of sp³-hybridized carbons (Fsp3) is 0.176. The molecule has 0 aliphatic carbocycles. The molecule has 6 aromatic rings. The summed E-state index contributed by atoms with van der Waals surface area (Å²) in [5, 5.41) is 13.7. The van der Waals surface area contributed by atoms with Gasteiger partial charge in [0.05, 0.1) is 16.7 Å². The van der Waals surface area contributed by atoms with Crippen LogP contribution in [0.2, 0.25) is 0 Å². The number of carboxylic acids is 1. The maximum atomic E-state index is 13.7. The molecule has 3 aromatic heterocycles. The van der Waals surface area contributed by atoms with Crippen LogP contribution >= 0.6 is 0 Å². The summed E-state index contributed by atoms with van der Waals surface area (Å²) in [4.78, 5) is 29.8. The van der Waals surface area contributed by atoms with Crippen molar-refractivity contribution in [3.8, 4) is 28.6 Å². The standard InChI is InChI=1S/C34H31N5O5/c1-22-32(23(2)38(36-22)19-31(40)41)26-14-15-27-29(18-26)37(3)34(42)39(27)28-16-17-30(43-20-24-10-6-4-7-11-24)35-33(28)44-21-25-12-8-5-9-13-25/h4-18H,19-21H2,1-3H3,(H,40,41). The Morgan fingerprint density at radius 3 is 2.16 bits per heavy atom. The van der Waals surface area contributed by atoms with Gasteiger partial charge in [0.2, 0.25) is 11.8 Å². The van der Waals surface area contributed by atoms with E-state index >= 15 is 0 Å². The third-order valence-corrected chi connectivity index (χ3v) is 7.51. The minimum Gasteiger partial charge on any atom is -0.480 e. The molecule has 222 valence electrons. The minimum absolute atomic E-state index is 0.229. The summed E-state index contributed by atoms with van der Waals surface area (Å²) in [7, 11) is 1.72. The van der Waals surface area contributed by atoms with Crippen molar-refractivity contribution in [2.75, 3.05) is 0 Å². The first kappa shape index (κ1) is 28.5. The molecule has 0 aliphatic heterocycles. The number of aryl methyl sites for hydroxylation is 2. The Labute approximate surface area is 253 Å². The van der Waals surface area contributed by atoms with Crippen molar-refractivity contribution in [3.05, 3.63) is 124 Å². The van der Waals surface area contributed by atoms with Crippen LogP contribution in [0.3, 0.4) is 0 Å². The van der Waals surface area contributed by atoms with Crippen LogP contribution in [0.15, 0.2) is 95.8 Å². The predicted octanol–water partition coefficient (Wildman–Crippen LogP) is 5.45. The quantitative estimate of drug-likeness (QED) is 0.226. The number of benzene rings is 3. The highest BCUT2D eigenvalue weighted by atomic mass is 16.5. The second-order valence-electron chi connectivity index (χ2n) is 10.5. The van der Waals surface area contributed by atoms with E-state index in [1.807, 2.05) is 92.7 Å². The predicted molar refractivity (Wildman–Crippen MR) is 166 cm³/mol. The van der Waals surface area contributed by atoms with Crippen LogP contribution in [0.1, 0.15) is 22.5 Å². The number of rotatable bonds is 10. The Morgan fingerprint density at radius 1 is 0.841 bits per heavy atom. The summed E-state index contributed by atoms with van der Waals surface area (Å²) in [5.41, 5.74) is 6.65. The molecule has 3 aromatic carbocycles. The SMILES string of the molecule is Cc1nn(CC(=O)O)c(C)c1-c1ccc2c(c1)n(C)c(=O)n2-c1ccc(OCc2ccccc2)nc1OCc1ccccc1. The van der Waals surface area contributed by atoms with E-state index in [0.29, 0.717) is 34.9 Å². The molecule has 0 atom stereocenters. The van der Waals surface area contributed by atoms with Gasteiger partial charge in [-0.3, -0.25) is 18.6 Å². The van der Waals surface area contributed by atoms with Crippen LogP contribution in [-0.2, 0) is 31.6 Å². The van der Waals surface area contributed by atoms with Crippen molar-refractivity contribution in [1.82, 2.24) is 23.9 Å². The molecule has 0 fully saturated rings. The normalized spacial score (nSPS) is 11.2. The Bertz CT molecular complexity index is 2030. The van der Waals surface area contributed by atoms with E-state index in [2.05, 4.69) is 10.1 Å². The van der Waals surface area contributed by atoms with Crippen LogP contribution in [0.4, 0.5) is 0 Å². The highest BCUT2D eigenvalue weighted by Gasteiger charge is 2.21. The Balaban J connectivity index is 1.41. The van der Waals surface area contributed by atoms with E-state index in [9.17, 15) is 14.7 Å². The molecular formula is C34H31N5O5. The number of carbonyl (C=O) groups is 1. The zero-order chi connectivity index (χ0) is 30.8. The summed E-state index contributed by atoms with van der Waals surface area (Å²) >= 11 is 0. The number of imidazole rings is 1. The molecule has 0 aliphatic rings. The lowest BCUT2D eigenvalue weighted by Crippen LogP contribution is -2.21. The van der Waals surface area contributed by atoms with Crippen molar-refractivity contribution >= 4 is 17.0 Å². The summed E-state index contributed by atoms with van der Waals surface area (Å²) in [6.07, 6.45) is 0. The largest absolute Gasteiger partial charge is 0.480 e. The Hall–Kier alpha value is -5.64. The topological polar surface area (TPSA) is 113 Å². The van der Waals surface area contributed by atoms with Crippen molar-refractivity contribution in [1.29, 1.82) is 0 Å². The van der Waals surface area contributed by atoms with Gasteiger partial charge in [0.1, 0.15) is 25.4 Å². The zero-order valence-corrected chi connectivity index (χ0v) is 24.6. The second-order valence-corrected chi connectivity index (χ2v) is 10.5. The molecule has 0 bridgehead atoms. The number of nitrogens with zero attached hydrogens (tertiary/aromatic N) is 5. The van der Waals surface area contributed by atoms with Crippen molar-refractivity contribution < 1.29 is 19.4 Å². The first-order chi connectivity index (χ1) is 21.3. The fourth-order valence-corrected chi connectivity index (χ4v) is 5.35. The highest BCUT2D eigenvalue weighted by Crippen LogP contribution is 2.32. The molecule has 1 N–H and O–H groups in total. The van der Waals surface area contributed by atoms with Crippen molar-refractivity contribution in [2.45, 2.75) is 33.6 Å². The average Bonchev–Trinajstić information content (AvgIpc) is 3.45. The third kappa shape index (κ3) is 5.57. The molecule has 10 heteroatoms. The monoisotopic (exact) mass is 589 g/mol. The third-order valence-electron chi connectivity index (χ3n) is 7.51. The van der Waals surface area contributed by atoms with Crippen LogP contribution in [0.25, 0.3) is 27.8 Å². The van der Waals surface area contributed by atoms with Gasteiger partial charge < -0.3 is 14.6 Å². The number of pyridine rings is 1. The van der Waals surface area contributed by atoms with Crippen LogP contribution < -0.4 is 15.2 Å². The number of carboxylic acid groups (broad SMARTS) is 1. The number of aromatic nitrogens is 5. The number of aliphatic carboxylic acids is 1. The molecule has 0 spiro atoms. The van der Waals surface area contributed by atoms with E-state index in [1.54, 1.807) is 28.3 Å². The van der Waals surface area contributed by atoms with Gasteiger partial charge in [-0.2, -0.15) is 10.1 Å². The fourth-order valence-electron chi connectivity index (χ4n) is 5.35. The number of hydrogen-bond acceptors (Lipinski definition) is 6. The van der Waals surface area contributed by atoms with Gasteiger partial charge in [0.15, 0.2) is 0 Å². The molecule has 6 rings (SSSR count). The van der Waals surface area contributed by atoms with E-state index in [1.165, 1.54) is 4.68 Å². The molecule has 0 saturated carbocycles. The van der Waals surface area contributed by atoms with Gasteiger partial charge in [-0.15, -0.1) is 0 Å². The van der Waals surface area contributed by atoms with Gasteiger partial charge in [-0.05, 0) is 48.7 Å². The Morgan fingerprint density at radius 2 is 1.50 bits per heavy atom. The zero-order valence-electron chi connectivity index (χ0n) is 24.6. The molecular weight excluding hydrogens is 558 g/mol. The van der Waals surface area contributed by atoms with Crippen molar-refractivity contribution in [2.24, 2.45) is 7.05 Å². The van der Waals surface area contributed by atoms with Crippen LogP contribution in [0.5, 0.6) is 11.8 Å². The number of fused-ring (bicyclic) bond motifs is 1. The molecule has 0 amide bonds. The van der Waals surface area contributed by atoms with E-state index in [-0.39, 0.29) is 24.7 Å². The minimum atomic E-state index is -0.965. The first-order valence-corrected chi connectivity index (χ1v) is 14.1. The Kier molecular flexibility index (Phi) is 7.72. The lowest BCUT2D eigenvalue weighted by molar-refractivity contribution is -0.137. The molecule has 0 saturated heterocycles. The highest BCUT2D eigenvalue weighted by molar-refractivity contribution is 5.85. The lowest BCUT2D eigenvalue weighted by atomic mass is 10.0. The van der Waals surface area contributed by atoms with Crippen LogP contribution in [0, 0.1) is 13.8 Å². The van der Waals surface area contributed by atoms with E-state index in [4.69, 9.17) is 9.47 Å². The van der Waals surface area contributed by atoms with Crippen molar-refractivity contribution in [3.63, 3.8) is 0 Å². The molecule has 0 unspecified atom stereocenters. The number of ether oxygens (including phenoxy) is 2. The maximum Gasteiger partial charge on any atom is 0.333 e. The van der Waals surface area contributed by atoms with Gasteiger partial charge >= 0.3 is 11.7 Å². The summed E-state index contributed by atoms with van der Waals surface area (Å²) in [6.45, 7) is 4.05. The summed E-state index contributed by atoms with van der Waals surface area (Å²) in [6, 6.07) is 28.8. The van der Waals surface area contributed by atoms with E-state index in [0.717, 1.165) is 27.9 Å². The van der Waals surface area contributed by atoms with Crippen LogP contribution in [-0.4, -0.2) is 35.0 Å². The summed E-state index contributed by atoms with van der Waals surface area (Å²) < 4.78 is 16.8. The number of hydrogen-bond donors (Lipinski definition) is 1. The molecule has 10 nitrogen and oxygen atoms in total. The van der Waals surface area contributed by atoms with Gasteiger partial charge in [-0.25, -0.2) is 4.79 Å². The molecule has 3 heterocycles. The maximum absolute atomic E-state index is 13.7.